The molecule has 5 nitrogen and oxygen atoms in total. The van der Waals surface area contributed by atoms with E-state index in [2.05, 4.69) is 21.2 Å². The van der Waals surface area contributed by atoms with Crippen LogP contribution in [0.1, 0.15) is 37.0 Å². The van der Waals surface area contributed by atoms with E-state index in [0.29, 0.717) is 6.54 Å². The average molecular weight is 361 g/mol. The number of nitro groups is 1. The molecule has 0 aromatic heterocycles. The van der Waals surface area contributed by atoms with E-state index in [1.807, 2.05) is 13.8 Å². The first-order valence-electron chi connectivity index (χ1n) is 6.54. The zero-order valence-corrected chi connectivity index (χ0v) is 13.6. The molecule has 0 spiro atoms. The van der Waals surface area contributed by atoms with Gasteiger partial charge in [0, 0.05) is 23.5 Å². The highest BCUT2D eigenvalue weighted by molar-refractivity contribution is 9.09. The van der Waals surface area contributed by atoms with E-state index < -0.39 is 22.3 Å². The van der Waals surface area contributed by atoms with Gasteiger partial charge in [-0.05, 0) is 24.3 Å². The van der Waals surface area contributed by atoms with Crippen molar-refractivity contribution in [3.05, 3.63) is 39.7 Å². The molecule has 1 N–H and O–H groups in total. The maximum atomic E-state index is 13.3. The first-order chi connectivity index (χ1) is 9.75. The summed E-state index contributed by atoms with van der Waals surface area (Å²) in [5.74, 6) is -1.31. The highest BCUT2D eigenvalue weighted by Crippen LogP contribution is 2.22. The molecule has 0 aliphatic carbocycles. The summed E-state index contributed by atoms with van der Waals surface area (Å²) in [6, 6.07) is 2.86. The van der Waals surface area contributed by atoms with Crippen LogP contribution in [-0.4, -0.2) is 22.7 Å². The fraction of sp³-hybridized carbons (Fsp3) is 0.500. The van der Waals surface area contributed by atoms with Gasteiger partial charge in [-0.15, -0.1) is 0 Å². The van der Waals surface area contributed by atoms with Crippen molar-refractivity contribution in [1.29, 1.82) is 0 Å². The number of halogens is 2. The van der Waals surface area contributed by atoms with Gasteiger partial charge in [0.25, 0.3) is 11.6 Å². The van der Waals surface area contributed by atoms with Gasteiger partial charge in [-0.1, -0.05) is 29.8 Å². The van der Waals surface area contributed by atoms with Crippen molar-refractivity contribution in [2.24, 2.45) is 5.41 Å². The van der Waals surface area contributed by atoms with Crippen LogP contribution in [0.25, 0.3) is 0 Å². The molecule has 1 rings (SSSR count). The molecule has 0 saturated carbocycles. The molecule has 0 unspecified atom stereocenters. The second kappa shape index (κ2) is 7.49. The van der Waals surface area contributed by atoms with Gasteiger partial charge >= 0.3 is 0 Å². The second-order valence-corrected chi connectivity index (χ2v) is 6.39. The van der Waals surface area contributed by atoms with E-state index in [9.17, 15) is 19.3 Å². The van der Waals surface area contributed by atoms with Gasteiger partial charge in [0.2, 0.25) is 0 Å². The third-order valence-electron chi connectivity index (χ3n) is 3.07. The average Bonchev–Trinajstić information content (AvgIpc) is 2.42. The molecule has 0 atom stereocenters. The van der Waals surface area contributed by atoms with Crippen LogP contribution in [0.2, 0.25) is 0 Å². The van der Waals surface area contributed by atoms with Crippen LogP contribution in [0.4, 0.5) is 10.1 Å². The van der Waals surface area contributed by atoms with Crippen LogP contribution in [0.3, 0.4) is 0 Å². The molecule has 21 heavy (non-hydrogen) atoms. The lowest BCUT2D eigenvalue weighted by molar-refractivity contribution is -0.385. The van der Waals surface area contributed by atoms with Gasteiger partial charge in [-0.25, -0.2) is 4.39 Å². The number of non-ortho nitro benzene ring substituents is 1. The van der Waals surface area contributed by atoms with Crippen molar-refractivity contribution < 1.29 is 14.1 Å². The molecule has 0 saturated heterocycles. The highest BCUT2D eigenvalue weighted by atomic mass is 79.9. The Morgan fingerprint density at radius 2 is 2.10 bits per heavy atom. The summed E-state index contributed by atoms with van der Waals surface area (Å²) < 4.78 is 13.3. The van der Waals surface area contributed by atoms with E-state index in [-0.39, 0.29) is 11.0 Å². The van der Waals surface area contributed by atoms with Crippen molar-refractivity contribution in [3.8, 4) is 0 Å². The summed E-state index contributed by atoms with van der Waals surface area (Å²) in [5, 5.41) is 14.3. The predicted molar refractivity (Wildman–Crippen MR) is 82.2 cm³/mol. The summed E-state index contributed by atoms with van der Waals surface area (Å²) >= 11 is 3.36. The summed E-state index contributed by atoms with van der Waals surface area (Å²) in [5.41, 5.74) is -0.570. The molecule has 1 aromatic rings. The number of carbonyl (C=O) groups is 1. The van der Waals surface area contributed by atoms with E-state index in [1.165, 1.54) is 0 Å². The quantitative estimate of drug-likeness (QED) is 0.458. The van der Waals surface area contributed by atoms with Crippen molar-refractivity contribution >= 4 is 27.5 Å². The van der Waals surface area contributed by atoms with Gasteiger partial charge < -0.3 is 5.32 Å². The number of benzene rings is 1. The molecule has 0 aliphatic heterocycles. The Morgan fingerprint density at radius 1 is 1.43 bits per heavy atom. The molecule has 1 aromatic carbocycles. The Hall–Kier alpha value is -1.50. The zero-order valence-electron chi connectivity index (χ0n) is 12.0. The monoisotopic (exact) mass is 360 g/mol. The molecular weight excluding hydrogens is 343 g/mol. The Kier molecular flexibility index (Phi) is 6.26. The molecule has 0 fully saturated rings. The largest absolute Gasteiger partial charge is 0.351 e. The number of alkyl halides is 1. The number of amides is 1. The van der Waals surface area contributed by atoms with Gasteiger partial charge in [-0.3, -0.25) is 14.9 Å². The van der Waals surface area contributed by atoms with E-state index >= 15 is 0 Å². The number of hydrogen-bond acceptors (Lipinski definition) is 3. The van der Waals surface area contributed by atoms with E-state index in [0.717, 1.165) is 36.4 Å². The van der Waals surface area contributed by atoms with Crippen LogP contribution < -0.4 is 5.32 Å². The SMILES string of the molecule is CC(C)(CCCBr)CNC(=O)c1cc(F)cc([N+](=O)[O-])c1. The topological polar surface area (TPSA) is 72.2 Å². The molecule has 7 heteroatoms. The highest BCUT2D eigenvalue weighted by Gasteiger charge is 2.20. The molecule has 0 aliphatic rings. The minimum Gasteiger partial charge on any atom is -0.351 e. The van der Waals surface area contributed by atoms with Crippen molar-refractivity contribution in [2.45, 2.75) is 26.7 Å². The Labute approximate surface area is 131 Å². The molecule has 1 amide bonds. The molecular formula is C14H18BrFN2O3. The lowest BCUT2D eigenvalue weighted by Crippen LogP contribution is -2.34. The number of nitrogens with zero attached hydrogens (tertiary/aromatic N) is 1. The first-order valence-corrected chi connectivity index (χ1v) is 7.66. The third-order valence-corrected chi connectivity index (χ3v) is 3.63. The molecule has 0 radical (unpaired) electrons. The maximum Gasteiger partial charge on any atom is 0.273 e. The Bertz CT molecular complexity index is 535. The number of nitrogens with one attached hydrogen (secondary N) is 1. The van der Waals surface area contributed by atoms with Crippen LogP contribution >= 0.6 is 15.9 Å². The summed E-state index contributed by atoms with van der Waals surface area (Å²) in [6.45, 7) is 4.46. The lowest BCUT2D eigenvalue weighted by atomic mass is 9.88. The Balaban J connectivity index is 2.74. The van der Waals surface area contributed by atoms with Gasteiger partial charge in [0.15, 0.2) is 0 Å². The van der Waals surface area contributed by atoms with Crippen LogP contribution in [-0.2, 0) is 0 Å². The number of hydrogen-bond donors (Lipinski definition) is 1. The first kappa shape index (κ1) is 17.6. The predicted octanol–water partition coefficient (Wildman–Crippen LogP) is 3.67. The van der Waals surface area contributed by atoms with Crippen molar-refractivity contribution in [1.82, 2.24) is 5.32 Å². The van der Waals surface area contributed by atoms with Gasteiger partial charge in [0.05, 0.1) is 11.0 Å². The maximum absolute atomic E-state index is 13.3. The Morgan fingerprint density at radius 3 is 2.67 bits per heavy atom. The number of rotatable bonds is 7. The fourth-order valence-electron chi connectivity index (χ4n) is 1.87. The minimum absolute atomic E-state index is 0.0435. The smallest absolute Gasteiger partial charge is 0.273 e. The van der Waals surface area contributed by atoms with Crippen LogP contribution in [0.15, 0.2) is 18.2 Å². The third kappa shape index (κ3) is 5.79. The van der Waals surface area contributed by atoms with Gasteiger partial charge in [0.1, 0.15) is 5.82 Å². The number of nitro benzene ring substituents is 1. The minimum atomic E-state index is -0.798. The molecule has 0 bridgehead atoms. The lowest BCUT2D eigenvalue weighted by Gasteiger charge is -2.24. The summed E-state index contributed by atoms with van der Waals surface area (Å²) in [4.78, 5) is 21.9. The zero-order chi connectivity index (χ0) is 16.0. The van der Waals surface area contributed by atoms with Crippen molar-refractivity contribution in [3.63, 3.8) is 0 Å². The standard InChI is InChI=1S/C14H18BrFN2O3/c1-14(2,4-3-5-15)9-17-13(19)10-6-11(16)8-12(7-10)18(20)21/h6-8H,3-5,9H2,1-2H3,(H,17,19). The van der Waals surface area contributed by atoms with Crippen LogP contribution in [0, 0.1) is 21.3 Å². The summed E-state index contributed by atoms with van der Waals surface area (Å²) in [7, 11) is 0. The summed E-state index contributed by atoms with van der Waals surface area (Å²) in [6.07, 6.45) is 1.90. The molecule has 0 heterocycles. The second-order valence-electron chi connectivity index (χ2n) is 5.59. The van der Waals surface area contributed by atoms with Gasteiger partial charge in [-0.2, -0.15) is 0 Å². The van der Waals surface area contributed by atoms with Crippen molar-refractivity contribution in [2.75, 3.05) is 11.9 Å². The fourth-order valence-corrected chi connectivity index (χ4v) is 2.15. The molecule has 116 valence electrons. The van der Waals surface area contributed by atoms with E-state index in [1.54, 1.807) is 0 Å². The van der Waals surface area contributed by atoms with E-state index in [4.69, 9.17) is 0 Å². The number of carbonyl (C=O) groups excluding carboxylic acids is 1. The normalized spacial score (nSPS) is 11.2. The van der Waals surface area contributed by atoms with Crippen LogP contribution in [0.5, 0.6) is 0 Å².